The predicted molar refractivity (Wildman–Crippen MR) is 159 cm³/mol. The van der Waals surface area contributed by atoms with E-state index in [0.717, 1.165) is 4.90 Å². The number of amides is 3. The number of imide groups is 1. The third-order valence-electron chi connectivity index (χ3n) is 6.46. The highest BCUT2D eigenvalue weighted by molar-refractivity contribution is 6.22. The van der Waals surface area contributed by atoms with E-state index in [4.69, 9.17) is 33.2 Å². The van der Waals surface area contributed by atoms with Gasteiger partial charge < -0.3 is 43.2 Å². The summed E-state index contributed by atoms with van der Waals surface area (Å²) in [4.78, 5) is 52.4. The van der Waals surface area contributed by atoms with E-state index in [1.54, 1.807) is 0 Å². The van der Waals surface area contributed by atoms with Crippen LogP contribution < -0.4 is 14.8 Å². The first-order valence-corrected chi connectivity index (χ1v) is 15.0. The number of hydrogen-bond donors (Lipinski definition) is 1. The Morgan fingerprint density at radius 1 is 0.778 bits per heavy atom. The molecule has 0 aliphatic carbocycles. The van der Waals surface area contributed by atoms with E-state index in [1.807, 2.05) is 20.8 Å². The second-order valence-electron chi connectivity index (χ2n) is 11.0. The van der Waals surface area contributed by atoms with Crippen molar-refractivity contribution in [2.75, 3.05) is 106 Å². The number of fused-ring (bicyclic) bond motifs is 2. The first-order valence-electron chi connectivity index (χ1n) is 15.0. The first kappa shape index (κ1) is 36.0. The summed E-state index contributed by atoms with van der Waals surface area (Å²) in [6.45, 7) is 10.4. The number of nitrogens with one attached hydrogen (secondary N) is 1. The van der Waals surface area contributed by atoms with Crippen LogP contribution in [0.1, 0.15) is 41.5 Å². The number of rotatable bonds is 5. The van der Waals surface area contributed by atoms with Crippen molar-refractivity contribution >= 4 is 23.9 Å². The second kappa shape index (κ2) is 18.5. The molecule has 0 aromatic heterocycles. The van der Waals surface area contributed by atoms with E-state index in [0.29, 0.717) is 65.8 Å². The number of hydrogen-bond acceptors (Lipinski definition) is 13. The summed E-state index contributed by atoms with van der Waals surface area (Å²) in [7, 11) is 1.18. The quantitative estimate of drug-likeness (QED) is 0.361. The smallest absolute Gasteiger partial charge is 0.407 e. The standard InChI is InChI=1S/C30H45N3O12/c1-30(2,3)45-29(37)31-5-6-32-7-9-39-11-13-41-15-17-43-24-19-22-23(28(36)33(27(22)35)21-26(34)38-4)20-25(24)44-18-16-42-14-12-40-10-8-32/h19-20H,5-18,21H2,1-4H3,(H,31,37). The number of carbonyl (C=O) groups is 4. The highest BCUT2D eigenvalue weighted by Gasteiger charge is 2.38. The number of alkyl carbamates (subject to hydrolysis) is 1. The number of ether oxygens (including phenoxy) is 8. The average molecular weight is 640 g/mol. The summed E-state index contributed by atoms with van der Waals surface area (Å²) in [6.07, 6.45) is -0.461. The zero-order valence-corrected chi connectivity index (χ0v) is 26.6. The van der Waals surface area contributed by atoms with Crippen molar-refractivity contribution < 1.29 is 57.1 Å². The van der Waals surface area contributed by atoms with Gasteiger partial charge in [0.1, 0.15) is 25.4 Å². The molecule has 2 aliphatic rings. The largest absolute Gasteiger partial charge is 0.487 e. The molecule has 2 aliphatic heterocycles. The molecular formula is C30H45N3O12. The maximum Gasteiger partial charge on any atom is 0.407 e. The molecule has 15 heteroatoms. The molecule has 1 aromatic rings. The lowest BCUT2D eigenvalue weighted by Gasteiger charge is -2.23. The Balaban J connectivity index is 1.53. The highest BCUT2D eigenvalue weighted by atomic mass is 16.6. The molecule has 45 heavy (non-hydrogen) atoms. The summed E-state index contributed by atoms with van der Waals surface area (Å²) < 4.78 is 44.3. The van der Waals surface area contributed by atoms with Gasteiger partial charge in [-0.2, -0.15) is 0 Å². The van der Waals surface area contributed by atoms with Gasteiger partial charge in [0.05, 0.1) is 71.1 Å². The van der Waals surface area contributed by atoms with Crippen molar-refractivity contribution in [1.82, 2.24) is 15.1 Å². The molecule has 3 rings (SSSR count). The van der Waals surface area contributed by atoms with E-state index in [9.17, 15) is 19.2 Å². The van der Waals surface area contributed by atoms with Crippen molar-refractivity contribution in [1.29, 1.82) is 0 Å². The summed E-state index contributed by atoms with van der Waals surface area (Å²) in [5, 5.41) is 2.77. The molecule has 1 N–H and O–H groups in total. The molecule has 15 nitrogen and oxygen atoms in total. The maximum absolute atomic E-state index is 12.9. The molecule has 0 radical (unpaired) electrons. The van der Waals surface area contributed by atoms with Gasteiger partial charge >= 0.3 is 12.1 Å². The summed E-state index contributed by atoms with van der Waals surface area (Å²) in [5.41, 5.74) is -0.351. The Labute approximate surface area is 263 Å². The van der Waals surface area contributed by atoms with Crippen LogP contribution in [0, 0.1) is 0 Å². The van der Waals surface area contributed by atoms with Gasteiger partial charge in [-0.05, 0) is 32.9 Å². The Hall–Kier alpha value is -3.50. The minimum absolute atomic E-state index is 0.106. The van der Waals surface area contributed by atoms with E-state index in [2.05, 4.69) is 15.0 Å². The van der Waals surface area contributed by atoms with Crippen LogP contribution in [0.4, 0.5) is 4.79 Å². The molecule has 252 valence electrons. The summed E-state index contributed by atoms with van der Waals surface area (Å²) in [5.74, 6) is -1.45. The van der Waals surface area contributed by atoms with Gasteiger partial charge in [0.15, 0.2) is 11.5 Å². The normalized spacial score (nSPS) is 18.4. The molecule has 0 fully saturated rings. The Morgan fingerprint density at radius 3 is 1.71 bits per heavy atom. The first-order chi connectivity index (χ1) is 21.6. The van der Waals surface area contributed by atoms with Crippen molar-refractivity contribution in [2.24, 2.45) is 0 Å². The topological polar surface area (TPSA) is 161 Å². The van der Waals surface area contributed by atoms with Crippen molar-refractivity contribution in [3.8, 4) is 11.5 Å². The molecule has 0 atom stereocenters. The van der Waals surface area contributed by atoms with Crippen molar-refractivity contribution in [3.63, 3.8) is 0 Å². The zero-order chi connectivity index (χ0) is 32.7. The van der Waals surface area contributed by atoms with Crippen LogP contribution in [-0.4, -0.2) is 145 Å². The third-order valence-corrected chi connectivity index (χ3v) is 6.46. The van der Waals surface area contributed by atoms with Gasteiger partial charge in [-0.3, -0.25) is 24.2 Å². The summed E-state index contributed by atoms with van der Waals surface area (Å²) in [6, 6.07) is 2.87. The molecule has 3 amide bonds. The molecular weight excluding hydrogens is 594 g/mol. The Morgan fingerprint density at radius 2 is 1.24 bits per heavy atom. The number of nitrogens with zero attached hydrogens (tertiary/aromatic N) is 2. The molecule has 0 saturated heterocycles. The molecule has 0 saturated carbocycles. The van der Waals surface area contributed by atoms with Crippen LogP contribution >= 0.6 is 0 Å². The minimum atomic E-state index is -0.712. The number of esters is 1. The number of carbonyl (C=O) groups excluding carboxylic acids is 4. The van der Waals surface area contributed by atoms with Gasteiger partial charge in [-0.15, -0.1) is 0 Å². The van der Waals surface area contributed by atoms with Crippen LogP contribution in [0.2, 0.25) is 0 Å². The molecule has 0 unspecified atom stereocenters. The Kier molecular flexibility index (Phi) is 14.8. The highest BCUT2D eigenvalue weighted by Crippen LogP contribution is 2.35. The fraction of sp³-hybridized carbons (Fsp3) is 0.667. The lowest BCUT2D eigenvalue weighted by molar-refractivity contribution is -0.140. The van der Waals surface area contributed by atoms with E-state index in [1.165, 1.54) is 19.2 Å². The fourth-order valence-corrected chi connectivity index (χ4v) is 4.28. The number of methoxy groups -OCH3 is 1. The third kappa shape index (κ3) is 12.4. The van der Waals surface area contributed by atoms with Crippen LogP contribution in [0.3, 0.4) is 0 Å². The van der Waals surface area contributed by atoms with E-state index in [-0.39, 0.29) is 49.1 Å². The van der Waals surface area contributed by atoms with Crippen LogP contribution in [0.25, 0.3) is 0 Å². The van der Waals surface area contributed by atoms with Crippen molar-refractivity contribution in [2.45, 2.75) is 26.4 Å². The SMILES string of the molecule is COC(=O)CN1C(=O)c2cc3c(cc2C1=O)OCCOCCOCCN(CCNC(=O)OC(C)(C)C)CCOCCOCCO3. The fourth-order valence-electron chi connectivity index (χ4n) is 4.28. The van der Waals surface area contributed by atoms with E-state index >= 15 is 0 Å². The Bertz CT molecular complexity index is 1080. The zero-order valence-electron chi connectivity index (χ0n) is 26.6. The van der Waals surface area contributed by atoms with Gasteiger partial charge in [-0.25, -0.2) is 4.79 Å². The van der Waals surface area contributed by atoms with Gasteiger partial charge in [-0.1, -0.05) is 0 Å². The molecule has 1 aromatic carbocycles. The summed E-state index contributed by atoms with van der Waals surface area (Å²) >= 11 is 0. The minimum Gasteiger partial charge on any atom is -0.487 e. The van der Waals surface area contributed by atoms with Crippen molar-refractivity contribution in [3.05, 3.63) is 23.3 Å². The monoisotopic (exact) mass is 639 g/mol. The van der Waals surface area contributed by atoms with Gasteiger partial charge in [0.2, 0.25) is 0 Å². The van der Waals surface area contributed by atoms with Gasteiger partial charge in [0, 0.05) is 26.2 Å². The number of benzene rings is 1. The lowest BCUT2D eigenvalue weighted by atomic mass is 10.1. The maximum atomic E-state index is 12.9. The van der Waals surface area contributed by atoms with Crippen LogP contribution in [0.15, 0.2) is 12.1 Å². The van der Waals surface area contributed by atoms with Crippen LogP contribution in [-0.2, 0) is 33.2 Å². The average Bonchev–Trinajstić information content (AvgIpc) is 3.21. The molecule has 0 bridgehead atoms. The second-order valence-corrected chi connectivity index (χ2v) is 11.0. The van der Waals surface area contributed by atoms with E-state index < -0.39 is 36.0 Å². The molecule has 2 heterocycles. The molecule has 0 spiro atoms. The lowest BCUT2D eigenvalue weighted by Crippen LogP contribution is -2.40. The van der Waals surface area contributed by atoms with Crippen LogP contribution in [0.5, 0.6) is 11.5 Å². The van der Waals surface area contributed by atoms with Gasteiger partial charge in [0.25, 0.3) is 11.8 Å². The predicted octanol–water partition coefficient (Wildman–Crippen LogP) is 1.12.